The lowest BCUT2D eigenvalue weighted by Gasteiger charge is -2.19. The van der Waals surface area contributed by atoms with Crippen molar-refractivity contribution >= 4 is 5.95 Å². The van der Waals surface area contributed by atoms with Gasteiger partial charge < -0.3 is 5.32 Å². The molecular weight excluding hydrogens is 210 g/mol. The van der Waals surface area contributed by atoms with E-state index in [4.69, 9.17) is 0 Å². The van der Waals surface area contributed by atoms with Crippen molar-refractivity contribution in [1.29, 1.82) is 0 Å². The Bertz CT molecular complexity index is 518. The first kappa shape index (κ1) is 10.3. The highest BCUT2D eigenvalue weighted by Crippen LogP contribution is 2.48. The van der Waals surface area contributed by atoms with Crippen molar-refractivity contribution in [2.45, 2.75) is 25.3 Å². The number of aromatic nitrogens is 2. The molecule has 1 N–H and O–H groups in total. The van der Waals surface area contributed by atoms with Crippen molar-refractivity contribution in [2.75, 3.05) is 5.32 Å². The molecule has 3 heteroatoms. The van der Waals surface area contributed by atoms with Gasteiger partial charge in [-0.3, -0.25) is 0 Å². The van der Waals surface area contributed by atoms with Crippen LogP contribution in [0.4, 0.5) is 5.95 Å². The van der Waals surface area contributed by atoms with E-state index in [0.29, 0.717) is 5.95 Å². The number of hydrogen-bond acceptors (Lipinski definition) is 3. The number of benzene rings is 1. The predicted octanol–water partition coefficient (Wildman–Crippen LogP) is 2.89. The molecule has 1 fully saturated rings. The predicted molar refractivity (Wildman–Crippen MR) is 67.7 cm³/mol. The van der Waals surface area contributed by atoms with Crippen molar-refractivity contribution in [3.05, 3.63) is 53.9 Å². The molecule has 1 aromatic heterocycles. The third kappa shape index (κ3) is 1.88. The molecule has 1 aliphatic rings. The van der Waals surface area contributed by atoms with Gasteiger partial charge in [-0.25, -0.2) is 9.97 Å². The fraction of sp³-hybridized carbons (Fsp3) is 0.286. The van der Waals surface area contributed by atoms with E-state index in [9.17, 15) is 0 Å². The molecule has 1 aromatic carbocycles. The van der Waals surface area contributed by atoms with Gasteiger partial charge in [0.05, 0.1) is 5.54 Å². The molecule has 2 aromatic rings. The molecule has 1 heterocycles. The summed E-state index contributed by atoms with van der Waals surface area (Å²) >= 11 is 0. The third-order valence-corrected chi connectivity index (χ3v) is 3.33. The molecule has 0 spiro atoms. The molecular formula is C14H15N3. The molecule has 0 saturated heterocycles. The van der Waals surface area contributed by atoms with Crippen LogP contribution in [0.25, 0.3) is 0 Å². The van der Waals surface area contributed by atoms with Crippen molar-refractivity contribution in [3.8, 4) is 0 Å². The summed E-state index contributed by atoms with van der Waals surface area (Å²) in [5.41, 5.74) is 2.76. The molecule has 0 atom stereocenters. The zero-order chi connectivity index (χ0) is 11.7. The number of nitrogens with one attached hydrogen (secondary N) is 1. The Morgan fingerprint density at radius 1 is 1.06 bits per heavy atom. The lowest BCUT2D eigenvalue weighted by atomic mass is 9.99. The summed E-state index contributed by atoms with van der Waals surface area (Å²) in [5, 5.41) is 3.46. The van der Waals surface area contributed by atoms with E-state index in [1.807, 2.05) is 6.07 Å². The van der Waals surface area contributed by atoms with Gasteiger partial charge in [0.15, 0.2) is 0 Å². The summed E-state index contributed by atoms with van der Waals surface area (Å²) in [6, 6.07) is 10.4. The maximum Gasteiger partial charge on any atom is 0.223 e. The van der Waals surface area contributed by atoms with Crippen LogP contribution < -0.4 is 5.32 Å². The van der Waals surface area contributed by atoms with Crippen LogP contribution >= 0.6 is 0 Å². The average molecular weight is 225 g/mol. The lowest BCUT2D eigenvalue weighted by Crippen LogP contribution is -2.21. The minimum Gasteiger partial charge on any atom is -0.345 e. The summed E-state index contributed by atoms with van der Waals surface area (Å²) in [5.74, 6) is 0.716. The van der Waals surface area contributed by atoms with Crippen molar-refractivity contribution in [1.82, 2.24) is 9.97 Å². The summed E-state index contributed by atoms with van der Waals surface area (Å²) < 4.78 is 0. The summed E-state index contributed by atoms with van der Waals surface area (Å²) in [7, 11) is 0. The Kier molecular flexibility index (Phi) is 2.32. The number of aryl methyl sites for hydroxylation is 1. The molecule has 0 bridgehead atoms. The zero-order valence-electron chi connectivity index (χ0n) is 9.85. The van der Waals surface area contributed by atoms with Gasteiger partial charge >= 0.3 is 0 Å². The number of anilines is 1. The van der Waals surface area contributed by atoms with Crippen LogP contribution in [0.3, 0.4) is 0 Å². The van der Waals surface area contributed by atoms with E-state index in [-0.39, 0.29) is 5.54 Å². The third-order valence-electron chi connectivity index (χ3n) is 3.33. The van der Waals surface area contributed by atoms with Crippen molar-refractivity contribution in [2.24, 2.45) is 0 Å². The van der Waals surface area contributed by atoms with Gasteiger partial charge in [-0.1, -0.05) is 24.3 Å². The Labute approximate surface area is 101 Å². The van der Waals surface area contributed by atoms with Gasteiger partial charge in [0.2, 0.25) is 5.95 Å². The number of rotatable bonds is 3. The second-order valence-corrected chi connectivity index (χ2v) is 4.59. The Balaban J connectivity index is 1.91. The molecule has 17 heavy (non-hydrogen) atoms. The van der Waals surface area contributed by atoms with Crippen LogP contribution in [0.5, 0.6) is 0 Å². The van der Waals surface area contributed by atoms with Crippen molar-refractivity contribution in [3.63, 3.8) is 0 Å². The highest BCUT2D eigenvalue weighted by molar-refractivity contribution is 5.45. The van der Waals surface area contributed by atoms with Crippen LogP contribution in [-0.4, -0.2) is 9.97 Å². The Morgan fingerprint density at radius 2 is 1.76 bits per heavy atom. The van der Waals surface area contributed by atoms with E-state index in [1.165, 1.54) is 11.1 Å². The highest BCUT2D eigenvalue weighted by atomic mass is 15.2. The van der Waals surface area contributed by atoms with E-state index < -0.39 is 0 Å². The van der Waals surface area contributed by atoms with E-state index >= 15 is 0 Å². The molecule has 3 rings (SSSR count). The molecule has 0 radical (unpaired) electrons. The van der Waals surface area contributed by atoms with E-state index in [1.54, 1.807) is 12.4 Å². The fourth-order valence-electron chi connectivity index (χ4n) is 2.27. The van der Waals surface area contributed by atoms with Gasteiger partial charge in [-0.05, 0) is 37.0 Å². The highest BCUT2D eigenvalue weighted by Gasteiger charge is 2.45. The first-order valence-corrected chi connectivity index (χ1v) is 5.91. The number of hydrogen-bond donors (Lipinski definition) is 1. The van der Waals surface area contributed by atoms with Crippen LogP contribution in [-0.2, 0) is 5.54 Å². The smallest absolute Gasteiger partial charge is 0.223 e. The van der Waals surface area contributed by atoms with Crippen LogP contribution in [0.2, 0.25) is 0 Å². The largest absolute Gasteiger partial charge is 0.345 e. The average Bonchev–Trinajstić information content (AvgIpc) is 3.12. The van der Waals surface area contributed by atoms with Crippen LogP contribution in [0.1, 0.15) is 24.0 Å². The van der Waals surface area contributed by atoms with E-state index in [0.717, 1.165) is 12.8 Å². The first-order chi connectivity index (χ1) is 8.30. The topological polar surface area (TPSA) is 37.8 Å². The van der Waals surface area contributed by atoms with Crippen LogP contribution in [0.15, 0.2) is 42.7 Å². The monoisotopic (exact) mass is 225 g/mol. The second-order valence-electron chi connectivity index (χ2n) is 4.59. The quantitative estimate of drug-likeness (QED) is 0.872. The number of nitrogens with zero attached hydrogens (tertiary/aromatic N) is 2. The minimum atomic E-state index is 0.0622. The van der Waals surface area contributed by atoms with Crippen molar-refractivity contribution < 1.29 is 0 Å². The van der Waals surface area contributed by atoms with Crippen LogP contribution in [0, 0.1) is 6.92 Å². The minimum absolute atomic E-state index is 0.0622. The SMILES string of the molecule is Cc1ccccc1C1(Nc2ncccn2)CC1. The summed E-state index contributed by atoms with van der Waals surface area (Å²) in [6.07, 6.45) is 5.83. The second kappa shape index (κ2) is 3.84. The maximum absolute atomic E-state index is 4.24. The zero-order valence-corrected chi connectivity index (χ0v) is 9.85. The normalized spacial score (nSPS) is 16.5. The molecule has 3 nitrogen and oxygen atoms in total. The molecule has 0 amide bonds. The standard InChI is InChI=1S/C14H15N3/c1-11-5-2-3-6-12(11)14(7-8-14)17-13-15-9-4-10-16-13/h2-6,9-10H,7-8H2,1H3,(H,15,16,17). The summed E-state index contributed by atoms with van der Waals surface area (Å²) in [4.78, 5) is 8.47. The van der Waals surface area contributed by atoms with Gasteiger partial charge in [-0.15, -0.1) is 0 Å². The molecule has 86 valence electrons. The fourth-order valence-corrected chi connectivity index (χ4v) is 2.27. The van der Waals surface area contributed by atoms with Gasteiger partial charge in [0.25, 0.3) is 0 Å². The molecule has 0 unspecified atom stereocenters. The van der Waals surface area contributed by atoms with Gasteiger partial charge in [-0.2, -0.15) is 0 Å². The Morgan fingerprint density at radius 3 is 2.41 bits per heavy atom. The van der Waals surface area contributed by atoms with E-state index in [2.05, 4.69) is 46.5 Å². The maximum atomic E-state index is 4.24. The van der Waals surface area contributed by atoms with Gasteiger partial charge in [0.1, 0.15) is 0 Å². The summed E-state index contributed by atoms with van der Waals surface area (Å²) in [6.45, 7) is 2.16. The van der Waals surface area contributed by atoms with Gasteiger partial charge in [0, 0.05) is 12.4 Å². The lowest BCUT2D eigenvalue weighted by molar-refractivity contribution is 0.782. The molecule has 1 aliphatic carbocycles. The molecule has 1 saturated carbocycles. The Hall–Kier alpha value is -1.90. The first-order valence-electron chi connectivity index (χ1n) is 5.91. The molecule has 0 aliphatic heterocycles.